The van der Waals surface area contributed by atoms with Gasteiger partial charge in [-0.1, -0.05) is 10.3 Å². The van der Waals surface area contributed by atoms with Gasteiger partial charge in [-0.15, -0.1) is 0 Å². The van der Waals surface area contributed by atoms with E-state index in [-0.39, 0.29) is 0 Å². The Hall–Kier alpha value is -2.82. The summed E-state index contributed by atoms with van der Waals surface area (Å²) in [6, 6.07) is 14.5. The third-order valence-corrected chi connectivity index (χ3v) is 3.08. The van der Waals surface area contributed by atoms with Crippen molar-refractivity contribution in [2.45, 2.75) is 13.8 Å². The van der Waals surface area contributed by atoms with Gasteiger partial charge in [0.25, 0.3) is 0 Å². The zero-order valence-electron chi connectivity index (χ0n) is 11.8. The molecule has 5 heteroatoms. The van der Waals surface area contributed by atoms with Crippen LogP contribution in [-0.2, 0) is 0 Å². The predicted molar refractivity (Wildman–Crippen MR) is 81.0 cm³/mol. The summed E-state index contributed by atoms with van der Waals surface area (Å²) in [5.41, 5.74) is 2.75. The Morgan fingerprint density at radius 3 is 1.33 bits per heavy atom. The molecule has 0 aromatic heterocycles. The van der Waals surface area contributed by atoms with Crippen LogP contribution in [0.25, 0.3) is 0 Å². The van der Waals surface area contributed by atoms with Crippen molar-refractivity contribution in [2.24, 2.45) is 10.3 Å². The molecular formula is C16H16N2O3. The second kappa shape index (κ2) is 6.56. The van der Waals surface area contributed by atoms with E-state index in [0.29, 0.717) is 22.9 Å². The first-order valence-corrected chi connectivity index (χ1v) is 6.40. The van der Waals surface area contributed by atoms with Crippen molar-refractivity contribution >= 4 is 11.4 Å². The molecule has 2 rings (SSSR count). The van der Waals surface area contributed by atoms with Gasteiger partial charge in [-0.05, 0) is 73.5 Å². The molecule has 5 nitrogen and oxygen atoms in total. The van der Waals surface area contributed by atoms with Crippen LogP contribution in [0.1, 0.15) is 25.0 Å². The molecule has 0 aliphatic carbocycles. The maximum Gasteiger partial charge on any atom is 0.127 e. The Kier molecular flexibility index (Phi) is 4.56. The van der Waals surface area contributed by atoms with Crippen molar-refractivity contribution in [3.63, 3.8) is 0 Å². The van der Waals surface area contributed by atoms with Gasteiger partial charge in [-0.2, -0.15) is 0 Å². The SMILES string of the molecule is C/C(=N/O)c1ccc(Oc2ccc(/C(C)=N\O)cc2)cc1. The van der Waals surface area contributed by atoms with Gasteiger partial charge >= 0.3 is 0 Å². The molecule has 2 N–H and O–H groups in total. The number of hydrogen-bond acceptors (Lipinski definition) is 5. The highest BCUT2D eigenvalue weighted by Gasteiger charge is 2.02. The van der Waals surface area contributed by atoms with Gasteiger partial charge in [0.1, 0.15) is 11.5 Å². The van der Waals surface area contributed by atoms with E-state index in [0.717, 1.165) is 11.1 Å². The first-order chi connectivity index (χ1) is 10.1. The molecule has 0 fully saturated rings. The molecule has 0 aliphatic heterocycles. The Labute approximate surface area is 122 Å². The molecule has 0 aliphatic rings. The molecule has 2 aromatic rings. The zero-order chi connectivity index (χ0) is 15.2. The number of rotatable bonds is 4. The van der Waals surface area contributed by atoms with Crippen molar-refractivity contribution in [1.82, 2.24) is 0 Å². The van der Waals surface area contributed by atoms with Gasteiger partial charge in [-0.3, -0.25) is 0 Å². The molecule has 0 unspecified atom stereocenters. The van der Waals surface area contributed by atoms with Crippen LogP contribution in [-0.4, -0.2) is 21.8 Å². The molecule has 0 radical (unpaired) electrons. The number of oxime groups is 2. The van der Waals surface area contributed by atoms with Crippen LogP contribution in [0.15, 0.2) is 58.8 Å². The average molecular weight is 284 g/mol. The molecule has 21 heavy (non-hydrogen) atoms. The van der Waals surface area contributed by atoms with Crippen LogP contribution in [0, 0.1) is 0 Å². The second-order valence-corrected chi connectivity index (χ2v) is 4.52. The molecular weight excluding hydrogens is 268 g/mol. The number of nitrogens with zero attached hydrogens (tertiary/aromatic N) is 2. The van der Waals surface area contributed by atoms with Gasteiger partial charge in [-0.25, -0.2) is 0 Å². The molecule has 0 atom stereocenters. The van der Waals surface area contributed by atoms with Gasteiger partial charge in [0.05, 0.1) is 11.4 Å². The fourth-order valence-electron chi connectivity index (χ4n) is 1.78. The van der Waals surface area contributed by atoms with E-state index >= 15 is 0 Å². The highest BCUT2D eigenvalue weighted by molar-refractivity contribution is 5.98. The summed E-state index contributed by atoms with van der Waals surface area (Å²) < 4.78 is 5.71. The highest BCUT2D eigenvalue weighted by Crippen LogP contribution is 2.22. The summed E-state index contributed by atoms with van der Waals surface area (Å²) in [6.07, 6.45) is 0. The fourth-order valence-corrected chi connectivity index (χ4v) is 1.78. The Balaban J connectivity index is 2.11. The van der Waals surface area contributed by atoms with Crippen molar-refractivity contribution in [3.8, 4) is 11.5 Å². The lowest BCUT2D eigenvalue weighted by Gasteiger charge is -2.07. The minimum absolute atomic E-state index is 0.546. The van der Waals surface area contributed by atoms with Gasteiger partial charge in [0.15, 0.2) is 0 Å². The molecule has 0 saturated heterocycles. The van der Waals surface area contributed by atoms with Crippen molar-refractivity contribution in [3.05, 3.63) is 59.7 Å². The molecule has 0 heterocycles. The first-order valence-electron chi connectivity index (χ1n) is 6.40. The van der Waals surface area contributed by atoms with E-state index in [1.54, 1.807) is 38.1 Å². The van der Waals surface area contributed by atoms with Crippen LogP contribution < -0.4 is 4.74 Å². The number of hydrogen-bond donors (Lipinski definition) is 2. The quantitative estimate of drug-likeness (QED) is 0.508. The van der Waals surface area contributed by atoms with E-state index in [1.807, 2.05) is 24.3 Å². The first kappa shape index (κ1) is 14.6. The normalized spacial score (nSPS) is 12.3. The van der Waals surface area contributed by atoms with Crippen LogP contribution >= 0.6 is 0 Å². The fraction of sp³-hybridized carbons (Fsp3) is 0.125. The summed E-state index contributed by atoms with van der Waals surface area (Å²) in [5.74, 6) is 1.37. The van der Waals surface area contributed by atoms with E-state index in [2.05, 4.69) is 10.3 Å². The molecule has 108 valence electrons. The standard InChI is InChI=1S/C16H16N2O3/c1-11(17-19)13-3-7-15(8-4-13)21-16-9-5-14(6-10-16)12(2)18-20/h3-10,19-20H,1-2H3/b17-11-,18-12-. The van der Waals surface area contributed by atoms with Crippen LogP contribution in [0.4, 0.5) is 0 Å². The maximum atomic E-state index is 8.71. The third-order valence-electron chi connectivity index (χ3n) is 3.08. The van der Waals surface area contributed by atoms with E-state index in [9.17, 15) is 0 Å². The highest BCUT2D eigenvalue weighted by atomic mass is 16.5. The summed E-state index contributed by atoms with van der Waals surface area (Å²) >= 11 is 0. The van der Waals surface area contributed by atoms with Crippen LogP contribution in [0.3, 0.4) is 0 Å². The smallest absolute Gasteiger partial charge is 0.127 e. The lowest BCUT2D eigenvalue weighted by atomic mass is 10.1. The molecule has 0 bridgehead atoms. The Bertz CT molecular complexity index is 599. The monoisotopic (exact) mass is 284 g/mol. The molecule has 2 aromatic carbocycles. The summed E-state index contributed by atoms with van der Waals surface area (Å²) in [5, 5.41) is 23.7. The lowest BCUT2D eigenvalue weighted by Crippen LogP contribution is -1.95. The predicted octanol–water partition coefficient (Wildman–Crippen LogP) is 3.88. The summed E-state index contributed by atoms with van der Waals surface area (Å²) in [7, 11) is 0. The second-order valence-electron chi connectivity index (χ2n) is 4.52. The van der Waals surface area contributed by atoms with E-state index in [1.165, 1.54) is 0 Å². The Morgan fingerprint density at radius 2 is 1.05 bits per heavy atom. The topological polar surface area (TPSA) is 74.4 Å². The lowest BCUT2D eigenvalue weighted by molar-refractivity contribution is 0.319. The van der Waals surface area contributed by atoms with Crippen molar-refractivity contribution < 1.29 is 15.2 Å². The molecule has 0 spiro atoms. The number of ether oxygens (including phenoxy) is 1. The maximum absolute atomic E-state index is 8.71. The Morgan fingerprint density at radius 1 is 0.714 bits per heavy atom. The minimum Gasteiger partial charge on any atom is -0.457 e. The summed E-state index contributed by atoms with van der Waals surface area (Å²) in [6.45, 7) is 3.44. The van der Waals surface area contributed by atoms with Crippen LogP contribution in [0.5, 0.6) is 11.5 Å². The number of benzene rings is 2. The average Bonchev–Trinajstić information content (AvgIpc) is 2.55. The third kappa shape index (κ3) is 3.60. The van der Waals surface area contributed by atoms with Gasteiger partial charge < -0.3 is 15.2 Å². The van der Waals surface area contributed by atoms with Gasteiger partial charge in [0, 0.05) is 0 Å². The van der Waals surface area contributed by atoms with E-state index in [4.69, 9.17) is 15.2 Å². The molecule has 0 saturated carbocycles. The van der Waals surface area contributed by atoms with Crippen LogP contribution in [0.2, 0.25) is 0 Å². The summed E-state index contributed by atoms with van der Waals surface area (Å²) in [4.78, 5) is 0. The zero-order valence-corrected chi connectivity index (χ0v) is 11.8. The van der Waals surface area contributed by atoms with Crippen molar-refractivity contribution in [2.75, 3.05) is 0 Å². The van der Waals surface area contributed by atoms with E-state index < -0.39 is 0 Å². The minimum atomic E-state index is 0.546. The molecule has 0 amide bonds. The largest absolute Gasteiger partial charge is 0.457 e. The van der Waals surface area contributed by atoms with Gasteiger partial charge in [0.2, 0.25) is 0 Å². The van der Waals surface area contributed by atoms with Crippen molar-refractivity contribution in [1.29, 1.82) is 0 Å².